The standard InChI is InChI=1S/C24H24F3N5O3S/c1-13-18(23(33)32-9-7-16(8-10-32)21-30-14(2)35-31-21)11-19(20(28)36)22(29-13)34-12-15-3-5-17(6-4-15)24(25,26)27/h3-6,11,16H,7-10,12H2,1-2H3,(H2,28,36). The molecule has 0 aliphatic carbocycles. The van der Waals surface area contributed by atoms with Crippen LogP contribution in [0, 0.1) is 13.8 Å². The average molecular weight is 520 g/mol. The summed E-state index contributed by atoms with van der Waals surface area (Å²) in [6.45, 7) is 4.41. The molecule has 3 aromatic rings. The SMILES string of the molecule is Cc1nc(C2CCN(C(=O)c3cc(C(N)=S)c(OCc4ccc(C(F)(F)F)cc4)nc3C)CC2)no1. The molecule has 1 aromatic carbocycles. The highest BCUT2D eigenvalue weighted by atomic mass is 32.1. The predicted octanol–water partition coefficient (Wildman–Crippen LogP) is 4.33. The molecule has 8 nitrogen and oxygen atoms in total. The number of carbonyl (C=O) groups is 1. The molecule has 0 unspecified atom stereocenters. The third kappa shape index (κ3) is 5.64. The van der Waals surface area contributed by atoms with Gasteiger partial charge >= 0.3 is 6.18 Å². The number of benzene rings is 1. The summed E-state index contributed by atoms with van der Waals surface area (Å²) in [5.74, 6) is 1.20. The van der Waals surface area contributed by atoms with Crippen molar-refractivity contribution < 1.29 is 27.2 Å². The first-order valence-corrected chi connectivity index (χ1v) is 11.6. The molecule has 0 atom stereocenters. The van der Waals surface area contributed by atoms with Gasteiger partial charge in [0, 0.05) is 25.9 Å². The van der Waals surface area contributed by atoms with E-state index in [1.165, 1.54) is 12.1 Å². The number of piperidine rings is 1. The number of hydrogen-bond acceptors (Lipinski definition) is 7. The van der Waals surface area contributed by atoms with Crippen LogP contribution in [0.1, 0.15) is 63.2 Å². The summed E-state index contributed by atoms with van der Waals surface area (Å²) in [6, 6.07) is 6.18. The van der Waals surface area contributed by atoms with E-state index in [1.807, 2.05) is 0 Å². The molecule has 12 heteroatoms. The van der Waals surface area contributed by atoms with Crippen LogP contribution in [-0.2, 0) is 12.8 Å². The van der Waals surface area contributed by atoms with E-state index in [4.69, 9.17) is 27.2 Å². The minimum Gasteiger partial charge on any atom is -0.472 e. The summed E-state index contributed by atoms with van der Waals surface area (Å²) in [6.07, 6.45) is -3.01. The first-order valence-electron chi connectivity index (χ1n) is 11.2. The van der Waals surface area contributed by atoms with Crippen LogP contribution in [0.4, 0.5) is 13.2 Å². The number of nitrogens with two attached hydrogens (primary N) is 1. The Morgan fingerprint density at radius 2 is 1.83 bits per heavy atom. The van der Waals surface area contributed by atoms with Gasteiger partial charge < -0.3 is 19.9 Å². The zero-order valence-corrected chi connectivity index (χ0v) is 20.4. The predicted molar refractivity (Wildman–Crippen MR) is 128 cm³/mol. The smallest absolute Gasteiger partial charge is 0.416 e. The van der Waals surface area contributed by atoms with Crippen molar-refractivity contribution in [3.05, 3.63) is 70.0 Å². The van der Waals surface area contributed by atoms with Crippen LogP contribution in [0.5, 0.6) is 5.88 Å². The first-order chi connectivity index (χ1) is 17.0. The van der Waals surface area contributed by atoms with Gasteiger partial charge in [-0.15, -0.1) is 0 Å². The second-order valence-corrected chi connectivity index (χ2v) is 9.00. The van der Waals surface area contributed by atoms with E-state index >= 15 is 0 Å². The fourth-order valence-electron chi connectivity index (χ4n) is 4.02. The molecule has 2 aromatic heterocycles. The Balaban J connectivity index is 1.46. The van der Waals surface area contributed by atoms with Gasteiger partial charge in [0.1, 0.15) is 11.6 Å². The summed E-state index contributed by atoms with van der Waals surface area (Å²) < 4.78 is 49.1. The monoisotopic (exact) mass is 519 g/mol. The Morgan fingerprint density at radius 1 is 1.17 bits per heavy atom. The van der Waals surface area contributed by atoms with Crippen molar-refractivity contribution in [1.82, 2.24) is 20.0 Å². The number of alkyl halides is 3. The highest BCUT2D eigenvalue weighted by Gasteiger charge is 2.30. The van der Waals surface area contributed by atoms with E-state index in [0.29, 0.717) is 54.5 Å². The lowest BCUT2D eigenvalue weighted by atomic mass is 9.95. The van der Waals surface area contributed by atoms with Crippen molar-refractivity contribution in [2.75, 3.05) is 13.1 Å². The Hall–Kier alpha value is -3.54. The van der Waals surface area contributed by atoms with Crippen LogP contribution in [0.25, 0.3) is 0 Å². The highest BCUT2D eigenvalue weighted by molar-refractivity contribution is 7.80. The van der Waals surface area contributed by atoms with Crippen molar-refractivity contribution in [1.29, 1.82) is 0 Å². The third-order valence-corrected chi connectivity index (χ3v) is 6.24. The van der Waals surface area contributed by atoms with Crippen LogP contribution >= 0.6 is 12.2 Å². The zero-order valence-electron chi connectivity index (χ0n) is 19.6. The Labute approximate surface area is 210 Å². The molecule has 3 heterocycles. The van der Waals surface area contributed by atoms with Gasteiger partial charge in [0.05, 0.1) is 22.4 Å². The number of nitrogens with zero attached hydrogens (tertiary/aromatic N) is 4. The van der Waals surface area contributed by atoms with E-state index in [9.17, 15) is 18.0 Å². The lowest BCUT2D eigenvalue weighted by molar-refractivity contribution is -0.137. The fourth-order valence-corrected chi connectivity index (χ4v) is 4.17. The van der Waals surface area contributed by atoms with Gasteiger partial charge in [-0.05, 0) is 43.5 Å². The quantitative estimate of drug-likeness (QED) is 0.480. The van der Waals surface area contributed by atoms with Gasteiger partial charge in [-0.3, -0.25) is 4.79 Å². The van der Waals surface area contributed by atoms with Gasteiger partial charge in [0.2, 0.25) is 11.8 Å². The maximum absolute atomic E-state index is 13.3. The van der Waals surface area contributed by atoms with E-state index in [2.05, 4.69) is 15.1 Å². The zero-order chi connectivity index (χ0) is 26.0. The number of likely N-dealkylation sites (tertiary alicyclic amines) is 1. The van der Waals surface area contributed by atoms with Crippen LogP contribution < -0.4 is 10.5 Å². The maximum atomic E-state index is 13.3. The van der Waals surface area contributed by atoms with Crippen molar-refractivity contribution in [2.45, 2.75) is 45.4 Å². The number of rotatable bonds is 6. The first kappa shape index (κ1) is 25.5. The molecule has 190 valence electrons. The minimum absolute atomic E-state index is 0.00912. The normalized spacial score (nSPS) is 14.6. The molecule has 0 bridgehead atoms. The van der Waals surface area contributed by atoms with Gasteiger partial charge in [0.15, 0.2) is 5.82 Å². The summed E-state index contributed by atoms with van der Waals surface area (Å²) in [5.41, 5.74) is 6.70. The van der Waals surface area contributed by atoms with Crippen LogP contribution in [0.3, 0.4) is 0 Å². The molecule has 0 spiro atoms. The van der Waals surface area contributed by atoms with Crippen LogP contribution in [-0.4, -0.2) is 44.0 Å². The third-order valence-electron chi connectivity index (χ3n) is 6.02. The van der Waals surface area contributed by atoms with Crippen molar-refractivity contribution in [3.8, 4) is 5.88 Å². The fraction of sp³-hybridized carbons (Fsp3) is 0.375. The number of pyridine rings is 1. The van der Waals surface area contributed by atoms with Gasteiger partial charge in [-0.1, -0.05) is 29.5 Å². The molecule has 0 radical (unpaired) electrons. The van der Waals surface area contributed by atoms with E-state index in [-0.39, 0.29) is 34.9 Å². The van der Waals surface area contributed by atoms with Crippen LogP contribution in [0.15, 0.2) is 34.9 Å². The minimum atomic E-state index is -4.42. The molecule has 0 saturated carbocycles. The second-order valence-electron chi connectivity index (χ2n) is 8.56. The molecular weight excluding hydrogens is 495 g/mol. The number of aryl methyl sites for hydroxylation is 2. The largest absolute Gasteiger partial charge is 0.472 e. The Kier molecular flexibility index (Phi) is 7.25. The lowest BCUT2D eigenvalue weighted by Gasteiger charge is -2.31. The number of hydrogen-bond donors (Lipinski definition) is 1. The highest BCUT2D eigenvalue weighted by Crippen LogP contribution is 2.30. The molecule has 1 aliphatic heterocycles. The average Bonchev–Trinajstić information content (AvgIpc) is 3.28. The number of aromatic nitrogens is 3. The second kappa shape index (κ2) is 10.2. The molecule has 2 N–H and O–H groups in total. The van der Waals surface area contributed by atoms with Crippen molar-refractivity contribution >= 4 is 23.1 Å². The Bertz CT molecular complexity index is 1270. The summed E-state index contributed by atoms with van der Waals surface area (Å²) >= 11 is 5.14. The van der Waals surface area contributed by atoms with E-state index in [1.54, 1.807) is 24.8 Å². The molecule has 1 saturated heterocycles. The molecule has 1 fully saturated rings. The Morgan fingerprint density at radius 3 is 2.39 bits per heavy atom. The number of thiocarbonyl (C=S) groups is 1. The van der Waals surface area contributed by atoms with Gasteiger partial charge in [-0.2, -0.15) is 18.2 Å². The molecule has 1 aliphatic rings. The number of carbonyl (C=O) groups excluding carboxylic acids is 1. The van der Waals surface area contributed by atoms with E-state index < -0.39 is 11.7 Å². The van der Waals surface area contributed by atoms with Crippen molar-refractivity contribution in [3.63, 3.8) is 0 Å². The molecule has 1 amide bonds. The van der Waals surface area contributed by atoms with Gasteiger partial charge in [0.25, 0.3) is 5.91 Å². The van der Waals surface area contributed by atoms with Crippen LogP contribution in [0.2, 0.25) is 0 Å². The lowest BCUT2D eigenvalue weighted by Crippen LogP contribution is -2.38. The number of ether oxygens (including phenoxy) is 1. The van der Waals surface area contributed by atoms with Crippen molar-refractivity contribution in [2.24, 2.45) is 5.73 Å². The topological polar surface area (TPSA) is 107 Å². The van der Waals surface area contributed by atoms with E-state index in [0.717, 1.165) is 12.1 Å². The maximum Gasteiger partial charge on any atom is 0.416 e. The summed E-state index contributed by atoms with van der Waals surface area (Å²) in [7, 11) is 0. The summed E-state index contributed by atoms with van der Waals surface area (Å²) in [4.78, 5) is 23.7. The molecular formula is C24H24F3N5O3S. The van der Waals surface area contributed by atoms with Gasteiger partial charge in [-0.25, -0.2) is 4.98 Å². The number of halogens is 3. The summed E-state index contributed by atoms with van der Waals surface area (Å²) in [5, 5.41) is 3.98. The molecule has 36 heavy (non-hydrogen) atoms. The number of amides is 1. The molecule has 4 rings (SSSR count).